The largest absolute Gasteiger partial charge is 0.396 e. The molecule has 2 aromatic heterocycles. The van der Waals surface area contributed by atoms with E-state index in [9.17, 15) is 5.11 Å². The first-order valence-electron chi connectivity index (χ1n) is 8.49. The predicted octanol–water partition coefficient (Wildman–Crippen LogP) is 3.34. The maximum atomic E-state index is 9.44. The van der Waals surface area contributed by atoms with E-state index in [-0.39, 0.29) is 0 Å². The smallest absolute Gasteiger partial charge is 0.158 e. The highest BCUT2D eigenvalue weighted by atomic mass is 16.3. The summed E-state index contributed by atoms with van der Waals surface area (Å²) in [7, 11) is 0. The van der Waals surface area contributed by atoms with Crippen molar-refractivity contribution >= 4 is 0 Å². The van der Waals surface area contributed by atoms with Crippen LogP contribution in [0.3, 0.4) is 0 Å². The SMILES string of the molecule is CCCCc1ncc(-c2nccn2[C@@H]2CCC[C@H](CO)C2)[nH]1. The molecule has 0 bridgehead atoms. The Kier molecular flexibility index (Phi) is 4.93. The van der Waals surface area contributed by atoms with Crippen molar-refractivity contribution in [2.45, 2.75) is 57.9 Å². The van der Waals surface area contributed by atoms with Gasteiger partial charge in [0.15, 0.2) is 5.82 Å². The third kappa shape index (κ3) is 3.24. The Morgan fingerprint density at radius 2 is 2.27 bits per heavy atom. The van der Waals surface area contributed by atoms with Gasteiger partial charge in [-0.1, -0.05) is 19.8 Å². The number of aromatic amines is 1. The molecule has 5 heteroatoms. The summed E-state index contributed by atoms with van der Waals surface area (Å²) in [6.45, 7) is 2.49. The van der Waals surface area contributed by atoms with E-state index in [1.54, 1.807) is 0 Å². The highest BCUT2D eigenvalue weighted by Gasteiger charge is 2.24. The number of nitrogens with one attached hydrogen (secondary N) is 1. The Hall–Kier alpha value is -1.62. The summed E-state index contributed by atoms with van der Waals surface area (Å²) in [5.74, 6) is 2.44. The molecule has 0 saturated heterocycles. The molecule has 22 heavy (non-hydrogen) atoms. The highest BCUT2D eigenvalue weighted by molar-refractivity contribution is 5.49. The van der Waals surface area contributed by atoms with Crippen molar-refractivity contribution in [2.24, 2.45) is 5.92 Å². The van der Waals surface area contributed by atoms with Crippen LogP contribution in [0.5, 0.6) is 0 Å². The number of aryl methyl sites for hydroxylation is 1. The lowest BCUT2D eigenvalue weighted by atomic mass is 9.86. The van der Waals surface area contributed by atoms with Crippen LogP contribution < -0.4 is 0 Å². The van der Waals surface area contributed by atoms with Gasteiger partial charge in [0.05, 0.1) is 6.20 Å². The van der Waals surface area contributed by atoms with Gasteiger partial charge in [-0.2, -0.15) is 0 Å². The quantitative estimate of drug-likeness (QED) is 0.860. The molecule has 1 fully saturated rings. The van der Waals surface area contributed by atoms with Gasteiger partial charge >= 0.3 is 0 Å². The van der Waals surface area contributed by atoms with Gasteiger partial charge < -0.3 is 14.7 Å². The number of aromatic nitrogens is 4. The molecule has 1 saturated carbocycles. The van der Waals surface area contributed by atoms with E-state index in [4.69, 9.17) is 0 Å². The standard InChI is InChI=1S/C17H26N4O/c1-2-3-7-16-19-11-15(20-16)17-18-8-9-21(17)14-6-4-5-13(10-14)12-22/h8-9,11,13-14,22H,2-7,10,12H2,1H3,(H,19,20)/t13-,14+/m0/s1. The van der Waals surface area contributed by atoms with Crippen LogP contribution in [0.15, 0.2) is 18.6 Å². The van der Waals surface area contributed by atoms with E-state index >= 15 is 0 Å². The van der Waals surface area contributed by atoms with Gasteiger partial charge in [-0.15, -0.1) is 0 Å². The molecule has 2 heterocycles. The zero-order valence-corrected chi connectivity index (χ0v) is 13.3. The molecule has 0 aromatic carbocycles. The lowest BCUT2D eigenvalue weighted by Gasteiger charge is -2.29. The number of hydrogen-bond acceptors (Lipinski definition) is 3. The highest BCUT2D eigenvalue weighted by Crippen LogP contribution is 2.34. The summed E-state index contributed by atoms with van der Waals surface area (Å²) in [5.41, 5.74) is 1.00. The fourth-order valence-corrected chi connectivity index (χ4v) is 3.44. The molecule has 2 N–H and O–H groups in total. The zero-order valence-electron chi connectivity index (χ0n) is 13.3. The van der Waals surface area contributed by atoms with Gasteiger partial charge in [0.25, 0.3) is 0 Å². The van der Waals surface area contributed by atoms with E-state index in [0.717, 1.165) is 49.4 Å². The van der Waals surface area contributed by atoms with Gasteiger partial charge in [-0.3, -0.25) is 0 Å². The first-order valence-corrected chi connectivity index (χ1v) is 8.49. The average molecular weight is 302 g/mol. The van der Waals surface area contributed by atoms with Crippen LogP contribution in [0.2, 0.25) is 0 Å². The summed E-state index contributed by atoms with van der Waals surface area (Å²) in [4.78, 5) is 12.4. The second-order valence-electron chi connectivity index (χ2n) is 6.37. The maximum absolute atomic E-state index is 9.44. The van der Waals surface area contributed by atoms with Crippen molar-refractivity contribution < 1.29 is 5.11 Å². The topological polar surface area (TPSA) is 66.7 Å². The lowest BCUT2D eigenvalue weighted by molar-refractivity contribution is 0.163. The molecule has 1 aliphatic rings. The fraction of sp³-hybridized carbons (Fsp3) is 0.647. The van der Waals surface area contributed by atoms with Crippen molar-refractivity contribution in [3.8, 4) is 11.5 Å². The van der Waals surface area contributed by atoms with E-state index in [1.807, 2.05) is 12.4 Å². The number of imidazole rings is 2. The minimum Gasteiger partial charge on any atom is -0.396 e. The Morgan fingerprint density at radius 1 is 1.36 bits per heavy atom. The van der Waals surface area contributed by atoms with Crippen LogP contribution in [-0.2, 0) is 6.42 Å². The van der Waals surface area contributed by atoms with Crippen LogP contribution in [0.25, 0.3) is 11.5 Å². The normalized spacial score (nSPS) is 22.1. The van der Waals surface area contributed by atoms with Crippen LogP contribution >= 0.6 is 0 Å². The van der Waals surface area contributed by atoms with Crippen molar-refractivity contribution in [3.63, 3.8) is 0 Å². The number of aliphatic hydroxyl groups is 1. The maximum Gasteiger partial charge on any atom is 0.158 e. The Bertz CT molecular complexity index is 589. The molecule has 2 atom stereocenters. The summed E-state index contributed by atoms with van der Waals surface area (Å²) in [5, 5.41) is 9.44. The molecule has 0 spiro atoms. The fourth-order valence-electron chi connectivity index (χ4n) is 3.44. The Labute approximate surface area is 131 Å². The van der Waals surface area contributed by atoms with Gasteiger partial charge in [0.1, 0.15) is 11.5 Å². The van der Waals surface area contributed by atoms with Crippen molar-refractivity contribution in [3.05, 3.63) is 24.4 Å². The molecule has 1 aliphatic carbocycles. The van der Waals surface area contributed by atoms with E-state index in [1.165, 1.54) is 12.8 Å². The molecule has 0 aliphatic heterocycles. The van der Waals surface area contributed by atoms with E-state index in [0.29, 0.717) is 18.6 Å². The third-order valence-corrected chi connectivity index (χ3v) is 4.71. The molecular weight excluding hydrogens is 276 g/mol. The van der Waals surface area contributed by atoms with Crippen molar-refractivity contribution in [1.82, 2.24) is 19.5 Å². The van der Waals surface area contributed by atoms with E-state index in [2.05, 4.69) is 32.6 Å². The minimum absolute atomic E-state index is 0.297. The average Bonchev–Trinajstić information content (AvgIpc) is 3.21. The number of nitrogens with zero attached hydrogens (tertiary/aromatic N) is 3. The molecular formula is C17H26N4O. The minimum atomic E-state index is 0.297. The number of aliphatic hydroxyl groups excluding tert-OH is 1. The molecule has 5 nitrogen and oxygen atoms in total. The number of rotatable bonds is 6. The molecule has 120 valence electrons. The number of H-pyrrole nitrogens is 1. The molecule has 2 aromatic rings. The zero-order chi connectivity index (χ0) is 15.4. The van der Waals surface area contributed by atoms with Gasteiger partial charge in [0.2, 0.25) is 0 Å². The molecule has 0 radical (unpaired) electrons. The first-order chi connectivity index (χ1) is 10.8. The summed E-state index contributed by atoms with van der Waals surface area (Å²) in [6.07, 6.45) is 13.7. The van der Waals surface area contributed by atoms with Crippen molar-refractivity contribution in [1.29, 1.82) is 0 Å². The predicted molar refractivity (Wildman–Crippen MR) is 86.5 cm³/mol. The Balaban J connectivity index is 1.78. The second-order valence-corrected chi connectivity index (χ2v) is 6.37. The monoisotopic (exact) mass is 302 g/mol. The molecule has 0 amide bonds. The van der Waals surface area contributed by atoms with Crippen LogP contribution in [0.4, 0.5) is 0 Å². The lowest BCUT2D eigenvalue weighted by Crippen LogP contribution is -2.21. The summed E-state index contributed by atoms with van der Waals surface area (Å²) >= 11 is 0. The third-order valence-electron chi connectivity index (χ3n) is 4.71. The summed E-state index contributed by atoms with van der Waals surface area (Å²) in [6, 6.07) is 0.436. The van der Waals surface area contributed by atoms with E-state index < -0.39 is 0 Å². The van der Waals surface area contributed by atoms with Crippen LogP contribution in [0.1, 0.15) is 57.3 Å². The van der Waals surface area contributed by atoms with Crippen molar-refractivity contribution in [2.75, 3.05) is 6.61 Å². The molecule has 3 rings (SSSR count). The number of hydrogen-bond donors (Lipinski definition) is 2. The van der Waals surface area contributed by atoms with Crippen LogP contribution in [-0.4, -0.2) is 31.2 Å². The second kappa shape index (κ2) is 7.09. The van der Waals surface area contributed by atoms with Gasteiger partial charge in [-0.25, -0.2) is 9.97 Å². The molecule has 0 unspecified atom stereocenters. The van der Waals surface area contributed by atoms with Crippen LogP contribution in [0, 0.1) is 5.92 Å². The van der Waals surface area contributed by atoms with Gasteiger partial charge in [-0.05, 0) is 31.6 Å². The number of unbranched alkanes of at least 4 members (excludes halogenated alkanes) is 1. The first kappa shape index (κ1) is 15.3. The van der Waals surface area contributed by atoms with Gasteiger partial charge in [0, 0.05) is 31.5 Å². The Morgan fingerprint density at radius 3 is 3.09 bits per heavy atom. The summed E-state index contributed by atoms with van der Waals surface area (Å²) < 4.78 is 2.26.